The Hall–Kier alpha value is -3.67. The Morgan fingerprint density at radius 3 is 2.12 bits per heavy atom. The molecular formula is C20H15N5O. The van der Waals surface area contributed by atoms with Crippen LogP contribution in [0.15, 0.2) is 91.9 Å². The molecule has 0 amide bonds. The molecule has 0 fully saturated rings. The molecule has 0 aliphatic heterocycles. The summed E-state index contributed by atoms with van der Waals surface area (Å²) >= 11 is 0. The van der Waals surface area contributed by atoms with Crippen LogP contribution in [0.5, 0.6) is 6.01 Å². The largest absolute Gasteiger partial charge is 0.440 e. The molecule has 26 heavy (non-hydrogen) atoms. The summed E-state index contributed by atoms with van der Waals surface area (Å²) in [5.41, 5.74) is 1.32. The molecule has 4 aromatic rings. The van der Waals surface area contributed by atoms with E-state index in [9.17, 15) is 0 Å². The van der Waals surface area contributed by atoms with Gasteiger partial charge in [0.05, 0.1) is 5.69 Å². The summed E-state index contributed by atoms with van der Waals surface area (Å²) in [6.07, 6.45) is 11.9. The highest BCUT2D eigenvalue weighted by Gasteiger charge is 2.41. The Morgan fingerprint density at radius 1 is 0.615 bits per heavy atom. The Bertz CT molecular complexity index is 854. The molecule has 0 spiro atoms. The number of rotatable bonds is 5. The molecule has 126 valence electrons. The molecule has 0 radical (unpaired) electrons. The van der Waals surface area contributed by atoms with Crippen molar-refractivity contribution in [2.45, 2.75) is 5.60 Å². The Labute approximate surface area is 150 Å². The third-order valence-electron chi connectivity index (χ3n) is 3.97. The number of hydrogen-bond acceptors (Lipinski definition) is 6. The third kappa shape index (κ3) is 2.88. The lowest BCUT2D eigenvalue weighted by Gasteiger charge is -2.33. The second kappa shape index (κ2) is 7.06. The van der Waals surface area contributed by atoms with E-state index >= 15 is 0 Å². The van der Waals surface area contributed by atoms with Crippen molar-refractivity contribution in [2.24, 2.45) is 0 Å². The molecule has 6 nitrogen and oxygen atoms in total. The highest BCUT2D eigenvalue weighted by molar-refractivity contribution is 5.44. The zero-order chi connectivity index (χ0) is 17.7. The first kappa shape index (κ1) is 15.8. The van der Waals surface area contributed by atoms with E-state index in [0.29, 0.717) is 5.69 Å². The van der Waals surface area contributed by atoms with Gasteiger partial charge in [-0.3, -0.25) is 15.0 Å². The van der Waals surface area contributed by atoms with E-state index in [1.165, 1.54) is 0 Å². The van der Waals surface area contributed by atoms with Crippen LogP contribution in [0.25, 0.3) is 0 Å². The predicted molar refractivity (Wildman–Crippen MR) is 95.3 cm³/mol. The van der Waals surface area contributed by atoms with Gasteiger partial charge >= 0.3 is 6.01 Å². The van der Waals surface area contributed by atoms with Crippen molar-refractivity contribution >= 4 is 0 Å². The Kier molecular flexibility index (Phi) is 4.30. The predicted octanol–water partition coefficient (Wildman–Crippen LogP) is 3.03. The van der Waals surface area contributed by atoms with Crippen LogP contribution in [0.1, 0.15) is 16.8 Å². The van der Waals surface area contributed by atoms with Crippen LogP contribution in [-0.4, -0.2) is 24.9 Å². The highest BCUT2D eigenvalue weighted by atomic mass is 16.5. The molecule has 0 saturated carbocycles. The van der Waals surface area contributed by atoms with Crippen molar-refractivity contribution in [3.05, 3.63) is 109 Å². The average molecular weight is 341 g/mol. The van der Waals surface area contributed by atoms with Gasteiger partial charge in [-0.05, 0) is 36.4 Å². The van der Waals surface area contributed by atoms with Crippen LogP contribution in [0.3, 0.4) is 0 Å². The zero-order valence-corrected chi connectivity index (χ0v) is 13.8. The second-order valence-corrected chi connectivity index (χ2v) is 5.51. The van der Waals surface area contributed by atoms with Gasteiger partial charge in [0.25, 0.3) is 0 Å². The first-order valence-corrected chi connectivity index (χ1v) is 8.08. The van der Waals surface area contributed by atoms with Crippen molar-refractivity contribution in [1.82, 2.24) is 24.9 Å². The first-order chi connectivity index (χ1) is 12.9. The normalized spacial score (nSPS) is 12.9. The molecule has 0 aliphatic rings. The summed E-state index contributed by atoms with van der Waals surface area (Å²) < 4.78 is 6.41. The molecule has 0 N–H and O–H groups in total. The molecule has 4 aromatic heterocycles. The SMILES string of the molecule is c1ccc([C@](Oc2ncccn2)(c2ccncc2)c2cccnc2)nc1. The Morgan fingerprint density at radius 2 is 1.42 bits per heavy atom. The van der Waals surface area contributed by atoms with Crippen molar-refractivity contribution in [2.75, 3.05) is 0 Å². The number of ether oxygens (including phenoxy) is 1. The fourth-order valence-electron chi connectivity index (χ4n) is 2.84. The van der Waals surface area contributed by atoms with Gasteiger partial charge in [-0.1, -0.05) is 12.1 Å². The zero-order valence-electron chi connectivity index (χ0n) is 13.8. The summed E-state index contributed by atoms with van der Waals surface area (Å²) in [4.78, 5) is 21.5. The number of aromatic nitrogens is 5. The maximum absolute atomic E-state index is 6.41. The fourth-order valence-corrected chi connectivity index (χ4v) is 2.84. The average Bonchev–Trinajstić information content (AvgIpc) is 2.75. The van der Waals surface area contributed by atoms with E-state index in [2.05, 4.69) is 24.9 Å². The molecule has 1 atom stereocenters. The number of hydrogen-bond donors (Lipinski definition) is 0. The summed E-state index contributed by atoms with van der Waals surface area (Å²) in [6.45, 7) is 0. The van der Waals surface area contributed by atoms with Crippen LogP contribution < -0.4 is 4.74 Å². The first-order valence-electron chi connectivity index (χ1n) is 8.08. The quantitative estimate of drug-likeness (QED) is 0.555. The Balaban J connectivity index is 2.00. The molecule has 0 unspecified atom stereocenters. The van der Waals surface area contributed by atoms with Gasteiger partial charge in [-0.25, -0.2) is 9.97 Å². The van der Waals surface area contributed by atoms with E-state index in [-0.39, 0.29) is 6.01 Å². The minimum Gasteiger partial charge on any atom is -0.440 e. The monoisotopic (exact) mass is 341 g/mol. The smallest absolute Gasteiger partial charge is 0.317 e. The van der Waals surface area contributed by atoms with Gasteiger partial charge < -0.3 is 4.74 Å². The maximum Gasteiger partial charge on any atom is 0.317 e. The minimum atomic E-state index is -1.06. The molecular weight excluding hydrogens is 326 g/mol. The summed E-state index contributed by atoms with van der Waals surface area (Å²) in [7, 11) is 0. The highest BCUT2D eigenvalue weighted by Crippen LogP contribution is 2.38. The van der Waals surface area contributed by atoms with Gasteiger partial charge in [0.15, 0.2) is 0 Å². The fraction of sp³-hybridized carbons (Fsp3) is 0.0500. The van der Waals surface area contributed by atoms with Gasteiger partial charge in [0, 0.05) is 54.5 Å². The second-order valence-electron chi connectivity index (χ2n) is 5.51. The van der Waals surface area contributed by atoms with E-state index in [1.807, 2.05) is 42.5 Å². The van der Waals surface area contributed by atoms with Gasteiger partial charge in [-0.2, -0.15) is 0 Å². The van der Waals surface area contributed by atoms with Gasteiger partial charge in [0.2, 0.25) is 5.60 Å². The van der Waals surface area contributed by atoms with E-state index in [4.69, 9.17) is 4.74 Å². The van der Waals surface area contributed by atoms with Crippen molar-refractivity contribution < 1.29 is 4.74 Å². The molecule has 0 bridgehead atoms. The van der Waals surface area contributed by atoms with Crippen LogP contribution in [-0.2, 0) is 5.60 Å². The number of pyridine rings is 3. The molecule has 0 aliphatic carbocycles. The maximum atomic E-state index is 6.41. The summed E-state index contributed by atoms with van der Waals surface area (Å²) in [5.74, 6) is 0. The molecule has 4 rings (SSSR count). The van der Waals surface area contributed by atoms with Crippen LogP contribution in [0.2, 0.25) is 0 Å². The molecule has 0 saturated heterocycles. The van der Waals surface area contributed by atoms with Crippen LogP contribution in [0, 0.1) is 0 Å². The molecule has 0 aromatic carbocycles. The topological polar surface area (TPSA) is 73.7 Å². The van der Waals surface area contributed by atoms with E-state index in [0.717, 1.165) is 11.1 Å². The van der Waals surface area contributed by atoms with Crippen molar-refractivity contribution in [3.63, 3.8) is 0 Å². The van der Waals surface area contributed by atoms with Gasteiger partial charge in [-0.15, -0.1) is 0 Å². The van der Waals surface area contributed by atoms with E-state index in [1.54, 1.807) is 49.4 Å². The lowest BCUT2D eigenvalue weighted by Crippen LogP contribution is -2.37. The summed E-state index contributed by atoms with van der Waals surface area (Å²) in [5, 5.41) is 0. The van der Waals surface area contributed by atoms with E-state index < -0.39 is 5.60 Å². The lowest BCUT2D eigenvalue weighted by atomic mass is 9.84. The van der Waals surface area contributed by atoms with Crippen molar-refractivity contribution in [1.29, 1.82) is 0 Å². The standard InChI is InChI=1S/C20H15N5O/c1-2-10-23-18(6-1)20(16-7-13-21-14-8-16,17-5-3-9-22-15-17)26-19-24-11-4-12-25-19/h1-15H/t20-/m0/s1. The van der Waals surface area contributed by atoms with Crippen LogP contribution in [0.4, 0.5) is 0 Å². The van der Waals surface area contributed by atoms with Crippen LogP contribution >= 0.6 is 0 Å². The minimum absolute atomic E-state index is 0.249. The van der Waals surface area contributed by atoms with Crippen molar-refractivity contribution in [3.8, 4) is 6.01 Å². The molecule has 4 heterocycles. The number of nitrogens with zero attached hydrogens (tertiary/aromatic N) is 5. The van der Waals surface area contributed by atoms with Gasteiger partial charge in [0.1, 0.15) is 0 Å². The molecule has 6 heteroatoms. The third-order valence-corrected chi connectivity index (χ3v) is 3.97. The summed E-state index contributed by atoms with van der Waals surface area (Å²) in [6, 6.07) is 15.3. The lowest BCUT2D eigenvalue weighted by molar-refractivity contribution is 0.134.